The maximum atomic E-state index is 5.58. The standard InChI is InChI=1S/C9H13N3O2/c1-10-8-4-11-5-9(12-8)14-7-2-3-13-6-7/h4-5,7H,2-3,6H2,1H3,(H,10,12). The first kappa shape index (κ1) is 9.21. The second-order valence-electron chi connectivity index (χ2n) is 3.10. The van der Waals surface area contributed by atoms with E-state index < -0.39 is 0 Å². The number of nitrogens with zero attached hydrogens (tertiary/aromatic N) is 2. The lowest BCUT2D eigenvalue weighted by atomic mass is 10.3. The highest BCUT2D eigenvalue weighted by molar-refractivity contribution is 5.31. The molecule has 1 aromatic rings. The minimum atomic E-state index is 0.122. The van der Waals surface area contributed by atoms with Gasteiger partial charge in [0.15, 0.2) is 0 Å². The molecule has 0 aliphatic carbocycles. The van der Waals surface area contributed by atoms with Crippen molar-refractivity contribution >= 4 is 5.82 Å². The smallest absolute Gasteiger partial charge is 0.234 e. The van der Waals surface area contributed by atoms with Crippen LogP contribution in [0.15, 0.2) is 12.4 Å². The highest BCUT2D eigenvalue weighted by atomic mass is 16.5. The fraction of sp³-hybridized carbons (Fsp3) is 0.556. The van der Waals surface area contributed by atoms with E-state index >= 15 is 0 Å². The van der Waals surface area contributed by atoms with Crippen molar-refractivity contribution in [2.75, 3.05) is 25.6 Å². The molecular formula is C9H13N3O2. The zero-order valence-corrected chi connectivity index (χ0v) is 8.06. The molecule has 1 N–H and O–H groups in total. The number of hydrogen-bond acceptors (Lipinski definition) is 5. The molecule has 1 aliphatic heterocycles. The Labute approximate surface area is 82.5 Å². The minimum absolute atomic E-state index is 0.122. The number of anilines is 1. The maximum absolute atomic E-state index is 5.58. The zero-order valence-electron chi connectivity index (χ0n) is 8.06. The van der Waals surface area contributed by atoms with Crippen LogP contribution in [0.3, 0.4) is 0 Å². The van der Waals surface area contributed by atoms with Crippen molar-refractivity contribution in [2.24, 2.45) is 0 Å². The van der Waals surface area contributed by atoms with Crippen molar-refractivity contribution in [1.82, 2.24) is 9.97 Å². The first-order chi connectivity index (χ1) is 6.88. The van der Waals surface area contributed by atoms with Crippen LogP contribution in [-0.4, -0.2) is 36.3 Å². The van der Waals surface area contributed by atoms with Crippen molar-refractivity contribution in [1.29, 1.82) is 0 Å². The molecule has 1 saturated heterocycles. The molecule has 2 heterocycles. The van der Waals surface area contributed by atoms with Crippen LogP contribution >= 0.6 is 0 Å². The molecule has 1 fully saturated rings. The number of rotatable bonds is 3. The molecule has 5 heteroatoms. The van der Waals surface area contributed by atoms with E-state index in [9.17, 15) is 0 Å². The Morgan fingerprint density at radius 3 is 3.21 bits per heavy atom. The molecule has 5 nitrogen and oxygen atoms in total. The number of ether oxygens (including phenoxy) is 2. The van der Waals surface area contributed by atoms with Gasteiger partial charge in [0.05, 0.1) is 25.6 Å². The predicted octanol–water partition coefficient (Wildman–Crippen LogP) is 0.686. The van der Waals surface area contributed by atoms with Gasteiger partial charge in [0.2, 0.25) is 5.88 Å². The largest absolute Gasteiger partial charge is 0.471 e. The Hall–Kier alpha value is -1.36. The summed E-state index contributed by atoms with van der Waals surface area (Å²) < 4.78 is 10.8. The second-order valence-corrected chi connectivity index (χ2v) is 3.10. The van der Waals surface area contributed by atoms with E-state index in [1.807, 2.05) is 0 Å². The van der Waals surface area contributed by atoms with Crippen molar-refractivity contribution in [3.05, 3.63) is 12.4 Å². The fourth-order valence-electron chi connectivity index (χ4n) is 1.30. The summed E-state index contributed by atoms with van der Waals surface area (Å²) in [5.74, 6) is 1.26. The van der Waals surface area contributed by atoms with Crippen molar-refractivity contribution in [3.8, 4) is 5.88 Å². The van der Waals surface area contributed by atoms with Crippen molar-refractivity contribution in [3.63, 3.8) is 0 Å². The van der Waals surface area contributed by atoms with E-state index in [-0.39, 0.29) is 6.10 Å². The molecule has 0 bridgehead atoms. The van der Waals surface area contributed by atoms with Gasteiger partial charge in [0.1, 0.15) is 11.9 Å². The summed E-state index contributed by atoms with van der Waals surface area (Å²) in [6.07, 6.45) is 4.30. The molecule has 0 aromatic carbocycles. The Balaban J connectivity index is 2.00. The van der Waals surface area contributed by atoms with Gasteiger partial charge >= 0.3 is 0 Å². The van der Waals surface area contributed by atoms with Gasteiger partial charge in [-0.15, -0.1) is 0 Å². The summed E-state index contributed by atoms with van der Waals surface area (Å²) >= 11 is 0. The third-order valence-electron chi connectivity index (χ3n) is 2.04. The highest BCUT2D eigenvalue weighted by Crippen LogP contribution is 2.14. The van der Waals surface area contributed by atoms with E-state index in [0.29, 0.717) is 18.3 Å². The molecule has 1 aromatic heterocycles. The normalized spacial score (nSPS) is 20.8. The van der Waals surface area contributed by atoms with Gasteiger partial charge in [0.25, 0.3) is 0 Å². The lowest BCUT2D eigenvalue weighted by molar-refractivity contribution is 0.138. The van der Waals surface area contributed by atoms with Crippen LogP contribution in [0.25, 0.3) is 0 Å². The Morgan fingerprint density at radius 1 is 1.57 bits per heavy atom. The molecule has 1 atom stereocenters. The summed E-state index contributed by atoms with van der Waals surface area (Å²) in [4.78, 5) is 8.21. The Morgan fingerprint density at radius 2 is 2.50 bits per heavy atom. The van der Waals surface area contributed by atoms with Crippen molar-refractivity contribution in [2.45, 2.75) is 12.5 Å². The van der Waals surface area contributed by atoms with Gasteiger partial charge < -0.3 is 14.8 Å². The van der Waals surface area contributed by atoms with Gasteiger partial charge in [-0.05, 0) is 0 Å². The van der Waals surface area contributed by atoms with Crippen LogP contribution in [0.1, 0.15) is 6.42 Å². The number of hydrogen-bond donors (Lipinski definition) is 1. The minimum Gasteiger partial charge on any atom is -0.471 e. The molecule has 76 valence electrons. The van der Waals surface area contributed by atoms with E-state index in [1.54, 1.807) is 19.4 Å². The van der Waals surface area contributed by atoms with Crippen LogP contribution < -0.4 is 10.1 Å². The van der Waals surface area contributed by atoms with Crippen LogP contribution in [0.5, 0.6) is 5.88 Å². The van der Waals surface area contributed by atoms with Gasteiger partial charge in [-0.2, -0.15) is 4.98 Å². The van der Waals surface area contributed by atoms with E-state index in [0.717, 1.165) is 13.0 Å². The molecule has 2 rings (SSSR count). The molecule has 0 amide bonds. The SMILES string of the molecule is CNc1cncc(OC2CCOC2)n1. The maximum Gasteiger partial charge on any atom is 0.234 e. The van der Waals surface area contributed by atoms with Crippen LogP contribution in [0.2, 0.25) is 0 Å². The van der Waals surface area contributed by atoms with Crippen molar-refractivity contribution < 1.29 is 9.47 Å². The average molecular weight is 195 g/mol. The number of aromatic nitrogens is 2. The molecule has 0 spiro atoms. The lowest BCUT2D eigenvalue weighted by Gasteiger charge is -2.10. The Bertz CT molecular complexity index is 300. The topological polar surface area (TPSA) is 56.3 Å². The van der Waals surface area contributed by atoms with Gasteiger partial charge in [-0.3, -0.25) is 4.98 Å². The molecule has 0 saturated carbocycles. The third kappa shape index (κ3) is 2.11. The Kier molecular flexibility index (Phi) is 2.78. The second kappa shape index (κ2) is 4.23. The summed E-state index contributed by atoms with van der Waals surface area (Å²) in [5, 5.41) is 2.91. The predicted molar refractivity (Wildman–Crippen MR) is 51.4 cm³/mol. The summed E-state index contributed by atoms with van der Waals surface area (Å²) in [7, 11) is 1.80. The molecule has 1 aliphatic rings. The van der Waals surface area contributed by atoms with Crippen LogP contribution in [0.4, 0.5) is 5.82 Å². The molecule has 1 unspecified atom stereocenters. The quantitative estimate of drug-likeness (QED) is 0.768. The van der Waals surface area contributed by atoms with Gasteiger partial charge in [0, 0.05) is 13.5 Å². The summed E-state index contributed by atoms with van der Waals surface area (Å²) in [6, 6.07) is 0. The van der Waals surface area contributed by atoms with Gasteiger partial charge in [-0.1, -0.05) is 0 Å². The highest BCUT2D eigenvalue weighted by Gasteiger charge is 2.17. The number of nitrogens with one attached hydrogen (secondary N) is 1. The molecule has 14 heavy (non-hydrogen) atoms. The van der Waals surface area contributed by atoms with E-state index in [2.05, 4.69) is 15.3 Å². The zero-order chi connectivity index (χ0) is 9.80. The van der Waals surface area contributed by atoms with Crippen LogP contribution in [0, 0.1) is 0 Å². The first-order valence-corrected chi connectivity index (χ1v) is 4.62. The van der Waals surface area contributed by atoms with Gasteiger partial charge in [-0.25, -0.2) is 0 Å². The lowest BCUT2D eigenvalue weighted by Crippen LogP contribution is -2.16. The molecular weight excluding hydrogens is 182 g/mol. The van der Waals surface area contributed by atoms with E-state index in [4.69, 9.17) is 9.47 Å². The average Bonchev–Trinajstić information content (AvgIpc) is 2.71. The summed E-state index contributed by atoms with van der Waals surface area (Å²) in [6.45, 7) is 1.41. The monoisotopic (exact) mass is 195 g/mol. The van der Waals surface area contributed by atoms with E-state index in [1.165, 1.54) is 0 Å². The third-order valence-corrected chi connectivity index (χ3v) is 2.04. The first-order valence-electron chi connectivity index (χ1n) is 4.62. The van der Waals surface area contributed by atoms with Crippen LogP contribution in [-0.2, 0) is 4.74 Å². The fourth-order valence-corrected chi connectivity index (χ4v) is 1.30. The summed E-state index contributed by atoms with van der Waals surface area (Å²) in [5.41, 5.74) is 0. The molecule has 0 radical (unpaired) electrons.